The number of nitrogens with zero attached hydrogens (tertiary/aromatic N) is 3. The predicted octanol–water partition coefficient (Wildman–Crippen LogP) is 4.09. The van der Waals surface area contributed by atoms with Gasteiger partial charge in [0.05, 0.1) is 25.3 Å². The van der Waals surface area contributed by atoms with Crippen molar-refractivity contribution in [2.45, 2.75) is 38.1 Å². The number of imidazole rings is 1. The van der Waals surface area contributed by atoms with Crippen molar-refractivity contribution in [2.24, 2.45) is 0 Å². The van der Waals surface area contributed by atoms with Crippen LogP contribution in [0.25, 0.3) is 4.96 Å². The zero-order valence-electron chi connectivity index (χ0n) is 14.9. The number of hydrogen-bond acceptors (Lipinski definition) is 4. The minimum atomic E-state index is 0.139. The quantitative estimate of drug-likeness (QED) is 0.696. The Morgan fingerprint density at radius 2 is 2.12 bits per heavy atom. The third-order valence-electron chi connectivity index (χ3n) is 5.05. The Hall–Kier alpha value is -2.34. The van der Waals surface area contributed by atoms with E-state index in [0.29, 0.717) is 6.42 Å². The van der Waals surface area contributed by atoms with E-state index in [4.69, 9.17) is 4.74 Å². The molecule has 1 amide bonds. The van der Waals surface area contributed by atoms with Crippen LogP contribution in [0.2, 0.25) is 0 Å². The number of carbonyl (C=O) groups excluding carboxylic acids is 1. The monoisotopic (exact) mass is 369 g/mol. The molecule has 0 radical (unpaired) electrons. The number of ether oxygens (including phenoxy) is 1. The molecular formula is C20H23N3O2S. The highest BCUT2D eigenvalue weighted by Gasteiger charge is 2.27. The number of fused-ring (bicyclic) bond motifs is 1. The normalized spacial score (nSPS) is 18.0. The summed E-state index contributed by atoms with van der Waals surface area (Å²) in [6.45, 7) is 0.817. The summed E-state index contributed by atoms with van der Waals surface area (Å²) in [7, 11) is 1.67. The average Bonchev–Trinajstić information content (AvgIpc) is 3.14. The molecule has 136 valence electrons. The Bertz CT molecular complexity index is 855. The first-order valence-electron chi connectivity index (χ1n) is 9.09. The highest BCUT2D eigenvalue weighted by Crippen LogP contribution is 2.31. The van der Waals surface area contributed by atoms with Crippen molar-refractivity contribution in [2.75, 3.05) is 13.7 Å². The van der Waals surface area contributed by atoms with Gasteiger partial charge in [0, 0.05) is 24.3 Å². The summed E-state index contributed by atoms with van der Waals surface area (Å²) >= 11 is 1.59. The molecule has 26 heavy (non-hydrogen) atoms. The van der Waals surface area contributed by atoms with Crippen molar-refractivity contribution >= 4 is 22.2 Å². The third-order valence-corrected chi connectivity index (χ3v) is 5.82. The van der Waals surface area contributed by atoms with Crippen LogP contribution < -0.4 is 4.74 Å². The summed E-state index contributed by atoms with van der Waals surface area (Å²) in [6, 6.07) is 8.27. The Labute approximate surface area is 157 Å². The lowest BCUT2D eigenvalue weighted by Gasteiger charge is -2.30. The second-order valence-electron chi connectivity index (χ2n) is 6.73. The van der Waals surface area contributed by atoms with Gasteiger partial charge in [-0.25, -0.2) is 4.98 Å². The molecule has 3 aromatic rings. The van der Waals surface area contributed by atoms with Gasteiger partial charge in [0.15, 0.2) is 4.96 Å². The van der Waals surface area contributed by atoms with Crippen LogP contribution in [0.4, 0.5) is 0 Å². The van der Waals surface area contributed by atoms with Gasteiger partial charge in [-0.15, -0.1) is 11.3 Å². The van der Waals surface area contributed by atoms with Gasteiger partial charge in [-0.3, -0.25) is 9.20 Å². The fourth-order valence-corrected chi connectivity index (χ4v) is 4.42. The Morgan fingerprint density at radius 1 is 1.27 bits per heavy atom. The zero-order valence-corrected chi connectivity index (χ0v) is 15.7. The molecule has 2 aromatic heterocycles. The van der Waals surface area contributed by atoms with Gasteiger partial charge in [0.1, 0.15) is 5.75 Å². The lowest BCUT2D eigenvalue weighted by atomic mass is 10.00. The third kappa shape index (κ3) is 3.46. The van der Waals surface area contributed by atoms with Crippen molar-refractivity contribution in [1.82, 2.24) is 14.3 Å². The molecule has 1 aromatic carbocycles. The molecule has 0 spiro atoms. The predicted molar refractivity (Wildman–Crippen MR) is 103 cm³/mol. The van der Waals surface area contributed by atoms with Crippen LogP contribution >= 0.6 is 11.3 Å². The van der Waals surface area contributed by atoms with Crippen molar-refractivity contribution in [3.05, 3.63) is 53.3 Å². The van der Waals surface area contributed by atoms with Gasteiger partial charge in [-0.05, 0) is 30.5 Å². The van der Waals surface area contributed by atoms with Gasteiger partial charge in [0.2, 0.25) is 5.91 Å². The smallest absolute Gasteiger partial charge is 0.229 e. The maximum atomic E-state index is 13.1. The Kier molecular flexibility index (Phi) is 4.93. The minimum absolute atomic E-state index is 0.139. The highest BCUT2D eigenvalue weighted by atomic mass is 32.1. The van der Waals surface area contributed by atoms with Gasteiger partial charge in [0.25, 0.3) is 0 Å². The average molecular weight is 369 g/mol. The number of rotatable bonds is 4. The van der Waals surface area contributed by atoms with E-state index in [1.165, 1.54) is 12.0 Å². The topological polar surface area (TPSA) is 46.8 Å². The molecule has 3 heterocycles. The van der Waals surface area contributed by atoms with Gasteiger partial charge < -0.3 is 9.64 Å². The molecule has 4 rings (SSSR count). The number of carbonyl (C=O) groups is 1. The summed E-state index contributed by atoms with van der Waals surface area (Å²) in [5.74, 6) is 1.01. The number of likely N-dealkylation sites (tertiary alicyclic amines) is 1. The second kappa shape index (κ2) is 7.50. The van der Waals surface area contributed by atoms with Crippen molar-refractivity contribution < 1.29 is 9.53 Å². The van der Waals surface area contributed by atoms with Gasteiger partial charge in [-0.1, -0.05) is 25.0 Å². The molecule has 1 fully saturated rings. The van der Waals surface area contributed by atoms with Crippen LogP contribution in [0.1, 0.15) is 43.0 Å². The van der Waals surface area contributed by atoms with E-state index in [-0.39, 0.29) is 11.9 Å². The summed E-state index contributed by atoms with van der Waals surface area (Å²) in [5.41, 5.74) is 2.03. The Balaban J connectivity index is 1.55. The molecule has 1 atom stereocenters. The maximum Gasteiger partial charge on any atom is 0.229 e. The van der Waals surface area contributed by atoms with E-state index < -0.39 is 0 Å². The van der Waals surface area contributed by atoms with E-state index in [1.54, 1.807) is 18.4 Å². The lowest BCUT2D eigenvalue weighted by Crippen LogP contribution is -2.36. The van der Waals surface area contributed by atoms with Crippen molar-refractivity contribution in [1.29, 1.82) is 0 Å². The van der Waals surface area contributed by atoms with Crippen molar-refractivity contribution in [3.8, 4) is 5.75 Å². The molecule has 6 heteroatoms. The van der Waals surface area contributed by atoms with E-state index in [9.17, 15) is 4.79 Å². The SMILES string of the molecule is COc1ccc(C2CCCCCN2C(=O)Cc2cn3ccsc3n2)cc1. The molecule has 0 bridgehead atoms. The van der Waals surface area contributed by atoms with E-state index in [0.717, 1.165) is 42.2 Å². The summed E-state index contributed by atoms with van der Waals surface area (Å²) in [5, 5.41) is 2.00. The Morgan fingerprint density at radius 3 is 2.88 bits per heavy atom. The molecule has 1 aliphatic rings. The van der Waals surface area contributed by atoms with E-state index >= 15 is 0 Å². The number of benzene rings is 1. The van der Waals surface area contributed by atoms with Crippen LogP contribution in [0.15, 0.2) is 42.0 Å². The second-order valence-corrected chi connectivity index (χ2v) is 7.60. The largest absolute Gasteiger partial charge is 0.497 e. The molecule has 5 nitrogen and oxygen atoms in total. The minimum Gasteiger partial charge on any atom is -0.497 e. The van der Waals surface area contributed by atoms with Gasteiger partial charge >= 0.3 is 0 Å². The van der Waals surface area contributed by atoms with Crippen LogP contribution in [-0.4, -0.2) is 33.8 Å². The van der Waals surface area contributed by atoms with Crippen LogP contribution in [0.5, 0.6) is 5.75 Å². The van der Waals surface area contributed by atoms with Crippen LogP contribution in [0, 0.1) is 0 Å². The van der Waals surface area contributed by atoms with Gasteiger partial charge in [-0.2, -0.15) is 0 Å². The molecular weight excluding hydrogens is 346 g/mol. The standard InChI is InChI=1S/C20H23N3O2S/c1-25-17-8-6-15(7-9-17)18-5-3-2-4-10-23(18)19(24)13-16-14-22-11-12-26-20(22)21-16/h6-9,11-12,14,18H,2-5,10,13H2,1H3. The van der Waals surface area contributed by atoms with E-state index in [2.05, 4.69) is 22.0 Å². The summed E-state index contributed by atoms with van der Waals surface area (Å²) in [6.07, 6.45) is 8.71. The first-order valence-corrected chi connectivity index (χ1v) is 9.97. The maximum absolute atomic E-state index is 13.1. The molecule has 1 saturated heterocycles. The fourth-order valence-electron chi connectivity index (χ4n) is 3.70. The fraction of sp³-hybridized carbons (Fsp3) is 0.400. The highest BCUT2D eigenvalue weighted by molar-refractivity contribution is 7.15. The number of aromatic nitrogens is 2. The van der Waals surface area contributed by atoms with Crippen molar-refractivity contribution in [3.63, 3.8) is 0 Å². The number of thiazole rings is 1. The summed E-state index contributed by atoms with van der Waals surface area (Å²) < 4.78 is 7.25. The molecule has 0 aliphatic carbocycles. The van der Waals surface area contributed by atoms with E-state index in [1.807, 2.05) is 34.3 Å². The first kappa shape index (κ1) is 17.1. The zero-order chi connectivity index (χ0) is 17.9. The lowest BCUT2D eigenvalue weighted by molar-refractivity contribution is -0.133. The van der Waals surface area contributed by atoms with Crippen LogP contribution in [-0.2, 0) is 11.2 Å². The summed E-state index contributed by atoms with van der Waals surface area (Å²) in [4.78, 5) is 20.6. The number of amides is 1. The molecule has 0 N–H and O–H groups in total. The first-order chi connectivity index (χ1) is 12.7. The molecule has 0 saturated carbocycles. The molecule has 1 aliphatic heterocycles. The number of methoxy groups -OCH3 is 1. The van der Waals surface area contributed by atoms with Crippen LogP contribution in [0.3, 0.4) is 0 Å². The molecule has 1 unspecified atom stereocenters. The number of hydrogen-bond donors (Lipinski definition) is 0.